The van der Waals surface area contributed by atoms with Crippen LogP contribution in [0.5, 0.6) is 0 Å². The summed E-state index contributed by atoms with van der Waals surface area (Å²) in [5.41, 5.74) is 0. The normalized spacial score (nSPS) is 15.8. The molecule has 0 heterocycles. The van der Waals surface area contributed by atoms with E-state index in [4.69, 9.17) is 133 Å². The first-order valence-corrected chi connectivity index (χ1v) is 40.6. The molecule has 36 heteroatoms. The Morgan fingerprint density at radius 2 is 0.207 bits per heavy atom. The molecule has 0 rings (SSSR count). The van der Waals surface area contributed by atoms with Gasteiger partial charge in [-0.25, -0.2) is 44.0 Å². The van der Waals surface area contributed by atoms with E-state index in [2.05, 4.69) is 44.0 Å². The third-order valence-corrected chi connectivity index (χ3v) is 12.6. The van der Waals surface area contributed by atoms with Crippen molar-refractivity contribution in [1.82, 2.24) is 0 Å². The molecular formula is C80H180O36. The Bertz CT molecular complexity index is 1660. The van der Waals surface area contributed by atoms with Crippen molar-refractivity contribution in [2.75, 3.05) is 127 Å². The Labute approximate surface area is 701 Å². The molecule has 0 aromatic carbocycles. The average Bonchev–Trinajstić information content (AvgIpc) is 0.981. The van der Waals surface area contributed by atoms with Gasteiger partial charge in [-0.3, -0.25) is 47.3 Å². The summed E-state index contributed by atoms with van der Waals surface area (Å²) < 4.78 is 104. The van der Waals surface area contributed by atoms with E-state index in [1.165, 1.54) is 0 Å². The number of rotatable bonds is 60. The van der Waals surface area contributed by atoms with Crippen LogP contribution in [-0.4, -0.2) is 333 Å². The van der Waals surface area contributed by atoms with Gasteiger partial charge in [-0.05, 0) is 242 Å². The van der Waals surface area contributed by atoms with Crippen molar-refractivity contribution in [3.63, 3.8) is 0 Å². The second kappa shape index (κ2) is 99.0. The maximum absolute atomic E-state index is 8.64. The highest BCUT2D eigenvalue weighted by Crippen LogP contribution is 2.10. The van der Waals surface area contributed by atoms with E-state index in [0.717, 1.165) is 0 Å². The predicted octanol–water partition coefficient (Wildman–Crippen LogP) is 15.1. The van der Waals surface area contributed by atoms with E-state index < -0.39 is 0 Å². The highest BCUT2D eigenvalue weighted by Gasteiger charge is 2.19. The Morgan fingerprint density at radius 3 is 0.267 bits per heavy atom. The van der Waals surface area contributed by atoms with E-state index in [-0.39, 0.29) is 159 Å². The Balaban J connectivity index is -0.000000249. The van der Waals surface area contributed by atoms with E-state index >= 15 is 0 Å². The smallest absolute Gasteiger partial charge is 0.113 e. The lowest BCUT2D eigenvalue weighted by atomic mass is 10.3. The Hall–Kier alpha value is -1.44. The van der Waals surface area contributed by atoms with E-state index in [0.29, 0.717) is 112 Å². The first-order valence-electron chi connectivity index (χ1n) is 40.6. The van der Waals surface area contributed by atoms with Gasteiger partial charge in [0.05, 0.1) is 265 Å². The summed E-state index contributed by atoms with van der Waals surface area (Å²) in [5.74, 6) is 0. The zero-order valence-electron chi connectivity index (χ0n) is 79.1. The SMILES string of the molecule is CC(C)OO.CC(C)OO.CC(C)OO.CC(C)OO.CC(C)OO.CC(C)OO.CC(C)OO.CC(C)OO.COC(C)C.COCC(C)OCC(C)OCC(C)OCC(C)OCC(C)OCC(C)OCC(C)OCC(C)OCC(C)OCC(C)OCC(C)OCC(C)OCC(C)OCC(C)OCC(C)OCC(C)OCC(C)OO. The summed E-state index contributed by atoms with van der Waals surface area (Å²) in [6.45, 7) is 72.9. The molecule has 116 heavy (non-hydrogen) atoms. The van der Waals surface area contributed by atoms with Crippen molar-refractivity contribution >= 4 is 0 Å². The molecule has 36 nitrogen and oxygen atoms in total. The van der Waals surface area contributed by atoms with Gasteiger partial charge in [0.1, 0.15) is 6.10 Å². The van der Waals surface area contributed by atoms with Crippen LogP contribution in [0.25, 0.3) is 0 Å². The molecule has 17 unspecified atom stereocenters. The van der Waals surface area contributed by atoms with Crippen LogP contribution in [0.4, 0.5) is 0 Å². The molecule has 0 radical (unpaired) electrons. The molecule has 0 aliphatic heterocycles. The fraction of sp³-hybridized carbons (Fsp3) is 1.00. The maximum Gasteiger partial charge on any atom is 0.113 e. The standard InChI is InChI=1S/C52H106O19.C4H10O.8C3H8O2/c1-36(19-54-18)55-20-37(2)56-21-38(3)57-22-39(4)58-23-40(5)59-24-41(6)60-25-42(7)61-26-43(8)62-27-44(9)63-28-45(10)64-29-46(11)65-30-47(12)66-31-48(13)67-32-49(14)68-33-50(15)69-34-51(16)70-35-52(17)71-53;1-4(2)5-3;8*1-3(2)5-4/h36-53H,19-35H2,1-18H3;4H,1-3H3;8*3-4H,1-2H3. The van der Waals surface area contributed by atoms with Crippen molar-refractivity contribution in [3.8, 4) is 0 Å². The van der Waals surface area contributed by atoms with Crippen LogP contribution < -0.4 is 0 Å². The van der Waals surface area contributed by atoms with E-state index in [1.54, 1.807) is 132 Å². The minimum absolute atomic E-state index is 0.0319. The van der Waals surface area contributed by atoms with Crippen LogP contribution in [0.15, 0.2) is 0 Å². The van der Waals surface area contributed by atoms with Gasteiger partial charge in [0.2, 0.25) is 0 Å². The monoisotopic (exact) mass is 1720 g/mol. The van der Waals surface area contributed by atoms with Gasteiger partial charge in [-0.15, -0.1) is 0 Å². The lowest BCUT2D eigenvalue weighted by Crippen LogP contribution is -2.31. The molecule has 716 valence electrons. The van der Waals surface area contributed by atoms with E-state index in [1.807, 2.05) is 125 Å². The minimum atomic E-state index is -0.388. The molecule has 0 aromatic rings. The van der Waals surface area contributed by atoms with Crippen LogP contribution in [0, 0.1) is 0 Å². The molecule has 0 aromatic heterocycles. The Kier molecular flexibility index (Phi) is 115. The minimum Gasteiger partial charge on any atom is -0.382 e. The van der Waals surface area contributed by atoms with Gasteiger partial charge >= 0.3 is 0 Å². The van der Waals surface area contributed by atoms with Crippen LogP contribution in [-0.2, 0) is 129 Å². The zero-order chi connectivity index (χ0) is 92.1. The van der Waals surface area contributed by atoms with Gasteiger partial charge in [-0.1, -0.05) is 0 Å². The van der Waals surface area contributed by atoms with Crippen molar-refractivity contribution in [1.29, 1.82) is 0 Å². The van der Waals surface area contributed by atoms with Crippen molar-refractivity contribution < 1.29 is 177 Å². The molecule has 0 saturated heterocycles. The summed E-state index contributed by atoms with van der Waals surface area (Å²) in [6, 6.07) is 0. The summed E-state index contributed by atoms with van der Waals surface area (Å²) in [7, 11) is 3.36. The van der Waals surface area contributed by atoms with Crippen LogP contribution in [0.1, 0.15) is 242 Å². The predicted molar refractivity (Wildman–Crippen MR) is 445 cm³/mol. The lowest BCUT2D eigenvalue weighted by Gasteiger charge is -2.24. The highest BCUT2D eigenvalue weighted by atomic mass is 17.1. The van der Waals surface area contributed by atoms with Crippen LogP contribution in [0.3, 0.4) is 0 Å². The molecular weight excluding hydrogens is 1540 g/mol. The molecule has 0 bridgehead atoms. The second-order valence-corrected chi connectivity index (χ2v) is 30.2. The first kappa shape index (κ1) is 135. The van der Waals surface area contributed by atoms with E-state index in [9.17, 15) is 0 Å². The molecule has 0 aliphatic rings. The maximum atomic E-state index is 8.64. The molecule has 17 atom stereocenters. The van der Waals surface area contributed by atoms with Crippen LogP contribution in [0.2, 0.25) is 0 Å². The van der Waals surface area contributed by atoms with Crippen molar-refractivity contribution in [2.24, 2.45) is 0 Å². The zero-order valence-corrected chi connectivity index (χ0v) is 79.1. The largest absolute Gasteiger partial charge is 0.382 e. The lowest BCUT2D eigenvalue weighted by molar-refractivity contribution is -0.284. The van der Waals surface area contributed by atoms with Gasteiger partial charge < -0.3 is 85.3 Å². The fourth-order valence-electron chi connectivity index (χ4n) is 5.83. The number of hydrogen-bond donors (Lipinski definition) is 9. The van der Waals surface area contributed by atoms with Gasteiger partial charge in [-0.2, -0.15) is 0 Å². The summed E-state index contributed by atoms with van der Waals surface area (Å²) in [6.07, 6.45) is -1.92. The summed E-state index contributed by atoms with van der Waals surface area (Å²) in [4.78, 5) is 34.2. The molecule has 9 N–H and O–H groups in total. The number of ether oxygens (including phenoxy) is 18. The number of methoxy groups -OCH3 is 2. The highest BCUT2D eigenvalue weighted by molar-refractivity contribution is 4.64. The first-order chi connectivity index (χ1) is 54.0. The van der Waals surface area contributed by atoms with Crippen molar-refractivity contribution in [2.45, 2.75) is 401 Å². The average molecular weight is 1720 g/mol. The van der Waals surface area contributed by atoms with Crippen molar-refractivity contribution in [3.05, 3.63) is 0 Å². The third-order valence-electron chi connectivity index (χ3n) is 12.6. The molecule has 0 fully saturated rings. The van der Waals surface area contributed by atoms with Crippen LogP contribution >= 0.6 is 0 Å². The van der Waals surface area contributed by atoms with Gasteiger partial charge in [0, 0.05) is 14.2 Å². The summed E-state index contributed by atoms with van der Waals surface area (Å²) in [5, 5.41) is 69.8. The fourth-order valence-corrected chi connectivity index (χ4v) is 5.83. The summed E-state index contributed by atoms with van der Waals surface area (Å²) >= 11 is 0. The molecule has 0 saturated carbocycles. The molecule has 0 spiro atoms. The second-order valence-electron chi connectivity index (χ2n) is 30.2. The topological polar surface area (TPSA) is 431 Å². The van der Waals surface area contributed by atoms with Gasteiger partial charge in [0.25, 0.3) is 0 Å². The molecule has 0 aliphatic carbocycles. The quantitative estimate of drug-likeness (QED) is 0.0202. The third kappa shape index (κ3) is 136. The number of hydrogen-bond acceptors (Lipinski definition) is 36. The van der Waals surface area contributed by atoms with Gasteiger partial charge in [0.15, 0.2) is 0 Å². The Morgan fingerprint density at radius 1 is 0.129 bits per heavy atom. The molecule has 0 amide bonds.